The Morgan fingerprint density at radius 2 is 2.11 bits per heavy atom. The lowest BCUT2D eigenvalue weighted by Crippen LogP contribution is -2.58. The smallest absolute Gasteiger partial charge is 0.229 e. The maximum atomic E-state index is 12.7. The number of methoxy groups -OCH3 is 1. The summed E-state index contributed by atoms with van der Waals surface area (Å²) < 4.78 is 10.8. The van der Waals surface area contributed by atoms with Crippen LogP contribution in [0.25, 0.3) is 0 Å². The van der Waals surface area contributed by atoms with Gasteiger partial charge in [0.1, 0.15) is 0 Å². The first-order chi connectivity index (χ1) is 9.10. The summed E-state index contributed by atoms with van der Waals surface area (Å²) in [5, 5.41) is 6.52. The normalized spacial score (nSPS) is 30.8. The van der Waals surface area contributed by atoms with Gasteiger partial charge in [-0.05, 0) is 45.7 Å². The van der Waals surface area contributed by atoms with Crippen LogP contribution in [0.5, 0.6) is 0 Å². The fourth-order valence-electron chi connectivity index (χ4n) is 3.06. The summed E-state index contributed by atoms with van der Waals surface area (Å²) in [5.74, 6) is 0.129. The van der Waals surface area contributed by atoms with Gasteiger partial charge in [0.25, 0.3) is 0 Å². The maximum absolute atomic E-state index is 12.7. The third-order valence-corrected chi connectivity index (χ3v) is 4.32. The summed E-state index contributed by atoms with van der Waals surface area (Å²) in [6, 6.07) is 0. The lowest BCUT2D eigenvalue weighted by molar-refractivity contribution is -0.139. The van der Waals surface area contributed by atoms with Gasteiger partial charge in [-0.2, -0.15) is 0 Å². The number of carbonyl (C=O) groups excluding carboxylic acids is 1. The third-order valence-electron chi connectivity index (χ3n) is 4.32. The van der Waals surface area contributed by atoms with Gasteiger partial charge < -0.3 is 20.1 Å². The first-order valence-corrected chi connectivity index (χ1v) is 7.20. The van der Waals surface area contributed by atoms with Gasteiger partial charge in [-0.25, -0.2) is 0 Å². The number of ether oxygens (including phenoxy) is 2. The van der Waals surface area contributed by atoms with Gasteiger partial charge in [0, 0.05) is 13.7 Å². The fraction of sp³-hybridized carbons (Fsp3) is 0.929. The number of hydrogen-bond acceptors (Lipinski definition) is 4. The molecule has 2 fully saturated rings. The van der Waals surface area contributed by atoms with E-state index in [1.807, 2.05) is 0 Å². The first kappa shape index (κ1) is 14.8. The van der Waals surface area contributed by atoms with Crippen LogP contribution in [-0.2, 0) is 14.3 Å². The van der Waals surface area contributed by atoms with E-state index >= 15 is 0 Å². The molecule has 1 atom stereocenters. The molecule has 5 heteroatoms. The van der Waals surface area contributed by atoms with Crippen molar-refractivity contribution in [1.82, 2.24) is 10.6 Å². The van der Waals surface area contributed by atoms with Crippen molar-refractivity contribution in [2.45, 2.75) is 38.1 Å². The van der Waals surface area contributed by atoms with Gasteiger partial charge in [-0.3, -0.25) is 4.79 Å². The van der Waals surface area contributed by atoms with Crippen LogP contribution in [0.15, 0.2) is 0 Å². The minimum atomic E-state index is -0.375. The van der Waals surface area contributed by atoms with Crippen LogP contribution in [0.1, 0.15) is 32.6 Å². The summed E-state index contributed by atoms with van der Waals surface area (Å²) >= 11 is 0. The molecular weight excluding hydrogens is 244 g/mol. The van der Waals surface area contributed by atoms with Gasteiger partial charge in [-0.1, -0.05) is 0 Å². The second-order valence-corrected chi connectivity index (χ2v) is 6.13. The summed E-state index contributed by atoms with van der Waals surface area (Å²) in [4.78, 5) is 12.7. The van der Waals surface area contributed by atoms with Crippen molar-refractivity contribution in [3.63, 3.8) is 0 Å². The predicted octanol–water partition coefficient (Wildman–Crippen LogP) is 0.688. The van der Waals surface area contributed by atoms with E-state index < -0.39 is 0 Å². The molecule has 2 N–H and O–H groups in total. The van der Waals surface area contributed by atoms with Crippen LogP contribution in [-0.4, -0.2) is 51.5 Å². The molecule has 2 rings (SSSR count). The van der Waals surface area contributed by atoms with Crippen LogP contribution in [0, 0.1) is 5.41 Å². The molecule has 0 saturated carbocycles. The Balaban J connectivity index is 2.02. The summed E-state index contributed by atoms with van der Waals surface area (Å²) in [7, 11) is 1.67. The van der Waals surface area contributed by atoms with E-state index in [2.05, 4.69) is 17.6 Å². The number of carbonyl (C=O) groups is 1. The molecule has 2 saturated heterocycles. The SMILES string of the molecule is COCC1(C(=O)NC2(C)CCCOC2)CCNCC1. The minimum Gasteiger partial charge on any atom is -0.384 e. The Morgan fingerprint density at radius 3 is 2.68 bits per heavy atom. The number of hydrogen-bond donors (Lipinski definition) is 2. The minimum absolute atomic E-state index is 0.129. The Bertz CT molecular complexity index is 302. The van der Waals surface area contributed by atoms with E-state index in [1.54, 1.807) is 7.11 Å². The van der Waals surface area contributed by atoms with Crippen molar-refractivity contribution in [2.75, 3.05) is 40.0 Å². The summed E-state index contributed by atoms with van der Waals surface area (Å²) in [5.41, 5.74) is -0.596. The molecule has 2 heterocycles. The van der Waals surface area contributed by atoms with E-state index in [4.69, 9.17) is 9.47 Å². The molecule has 0 aromatic heterocycles. The van der Waals surface area contributed by atoms with E-state index in [0.717, 1.165) is 45.4 Å². The summed E-state index contributed by atoms with van der Waals surface area (Å²) in [6.45, 7) is 5.75. The Labute approximate surface area is 115 Å². The van der Waals surface area contributed by atoms with Crippen LogP contribution in [0.2, 0.25) is 0 Å². The van der Waals surface area contributed by atoms with Gasteiger partial charge >= 0.3 is 0 Å². The molecule has 1 unspecified atom stereocenters. The molecule has 0 radical (unpaired) electrons. The van der Waals surface area contributed by atoms with Crippen molar-refractivity contribution >= 4 is 5.91 Å². The Hall–Kier alpha value is -0.650. The second kappa shape index (κ2) is 6.20. The number of piperidine rings is 1. The van der Waals surface area contributed by atoms with E-state index in [-0.39, 0.29) is 16.9 Å². The average Bonchev–Trinajstić information content (AvgIpc) is 2.40. The summed E-state index contributed by atoms with van der Waals surface area (Å²) in [6.07, 6.45) is 3.67. The monoisotopic (exact) mass is 270 g/mol. The van der Waals surface area contributed by atoms with E-state index in [0.29, 0.717) is 13.2 Å². The molecule has 19 heavy (non-hydrogen) atoms. The molecule has 1 amide bonds. The van der Waals surface area contributed by atoms with Crippen molar-refractivity contribution in [3.8, 4) is 0 Å². The zero-order valence-electron chi connectivity index (χ0n) is 12.1. The molecule has 0 aromatic rings. The standard InChI is InChI=1S/C14H26N2O3/c1-13(4-3-9-19-10-13)16-12(17)14(11-18-2)5-7-15-8-6-14/h15H,3-11H2,1-2H3,(H,16,17). The second-order valence-electron chi connectivity index (χ2n) is 6.13. The molecule has 0 bridgehead atoms. The number of nitrogens with one attached hydrogen (secondary N) is 2. The van der Waals surface area contributed by atoms with Gasteiger partial charge in [0.2, 0.25) is 5.91 Å². The molecule has 0 spiro atoms. The van der Waals surface area contributed by atoms with E-state index in [9.17, 15) is 4.79 Å². The van der Waals surface area contributed by atoms with Crippen molar-refractivity contribution in [3.05, 3.63) is 0 Å². The highest BCUT2D eigenvalue weighted by Crippen LogP contribution is 2.31. The first-order valence-electron chi connectivity index (χ1n) is 7.20. The molecule has 0 aromatic carbocycles. The molecule has 110 valence electrons. The third kappa shape index (κ3) is 3.46. The molecule has 2 aliphatic heterocycles. The zero-order chi connectivity index (χ0) is 13.8. The predicted molar refractivity (Wildman–Crippen MR) is 73.0 cm³/mol. The van der Waals surface area contributed by atoms with Gasteiger partial charge in [0.15, 0.2) is 0 Å². The van der Waals surface area contributed by atoms with Crippen molar-refractivity contribution in [2.24, 2.45) is 5.41 Å². The van der Waals surface area contributed by atoms with Crippen LogP contribution >= 0.6 is 0 Å². The van der Waals surface area contributed by atoms with Crippen LogP contribution in [0.4, 0.5) is 0 Å². The zero-order valence-corrected chi connectivity index (χ0v) is 12.1. The Kier molecular flexibility index (Phi) is 4.81. The Morgan fingerprint density at radius 1 is 1.37 bits per heavy atom. The largest absolute Gasteiger partial charge is 0.384 e. The lowest BCUT2D eigenvalue weighted by atomic mass is 9.77. The van der Waals surface area contributed by atoms with Crippen molar-refractivity contribution in [1.29, 1.82) is 0 Å². The highest BCUT2D eigenvalue weighted by atomic mass is 16.5. The quantitative estimate of drug-likeness (QED) is 0.789. The molecule has 2 aliphatic rings. The van der Waals surface area contributed by atoms with E-state index in [1.165, 1.54) is 0 Å². The fourth-order valence-corrected chi connectivity index (χ4v) is 3.06. The molecular formula is C14H26N2O3. The molecule has 0 aliphatic carbocycles. The highest BCUT2D eigenvalue weighted by molar-refractivity contribution is 5.83. The lowest BCUT2D eigenvalue weighted by Gasteiger charge is -2.41. The average molecular weight is 270 g/mol. The van der Waals surface area contributed by atoms with Gasteiger partial charge in [0.05, 0.1) is 24.2 Å². The van der Waals surface area contributed by atoms with Crippen LogP contribution in [0.3, 0.4) is 0 Å². The van der Waals surface area contributed by atoms with Crippen LogP contribution < -0.4 is 10.6 Å². The maximum Gasteiger partial charge on any atom is 0.229 e. The van der Waals surface area contributed by atoms with Crippen molar-refractivity contribution < 1.29 is 14.3 Å². The molecule has 5 nitrogen and oxygen atoms in total. The topological polar surface area (TPSA) is 59.6 Å². The number of amides is 1. The highest BCUT2D eigenvalue weighted by Gasteiger charge is 2.42. The number of rotatable bonds is 4. The van der Waals surface area contributed by atoms with Gasteiger partial charge in [-0.15, -0.1) is 0 Å².